The summed E-state index contributed by atoms with van der Waals surface area (Å²) in [7, 11) is 1.86. The van der Waals surface area contributed by atoms with Crippen molar-refractivity contribution in [1.29, 1.82) is 5.26 Å². The van der Waals surface area contributed by atoms with E-state index in [4.69, 9.17) is 11.6 Å². The number of fused-ring (bicyclic) bond motifs is 1. The molecular weight excluding hydrogens is 274 g/mol. The summed E-state index contributed by atoms with van der Waals surface area (Å²) >= 11 is 6.02. The third-order valence-electron chi connectivity index (χ3n) is 3.27. The molecule has 0 unspecified atom stereocenters. The van der Waals surface area contributed by atoms with Crippen LogP contribution in [0.2, 0.25) is 5.02 Å². The topological polar surface area (TPSA) is 61.8 Å². The maximum Gasteiger partial charge on any atom is 0.134 e. The van der Waals surface area contributed by atoms with E-state index in [-0.39, 0.29) is 5.75 Å². The number of halogens is 1. The van der Waals surface area contributed by atoms with Gasteiger partial charge in [0.2, 0.25) is 0 Å². The number of aromatic hydroxyl groups is 1. The quantitative estimate of drug-likeness (QED) is 0.744. The largest absolute Gasteiger partial charge is 0.506 e. The minimum absolute atomic E-state index is 0.0645. The fourth-order valence-corrected chi connectivity index (χ4v) is 2.58. The van der Waals surface area contributed by atoms with Crippen molar-refractivity contribution in [2.24, 2.45) is 7.05 Å². The van der Waals surface area contributed by atoms with Gasteiger partial charge in [-0.1, -0.05) is 11.6 Å². The maximum absolute atomic E-state index is 9.57. The van der Waals surface area contributed by atoms with Gasteiger partial charge in [0.05, 0.1) is 23.0 Å². The van der Waals surface area contributed by atoms with Gasteiger partial charge in [-0.15, -0.1) is 0 Å². The smallest absolute Gasteiger partial charge is 0.134 e. The molecule has 0 aliphatic heterocycles. The zero-order valence-electron chi connectivity index (χ0n) is 10.6. The molecule has 5 heteroatoms. The molecule has 0 saturated carbocycles. The zero-order chi connectivity index (χ0) is 14.3. The van der Waals surface area contributed by atoms with Crippen LogP contribution in [-0.2, 0) is 7.05 Å². The van der Waals surface area contributed by atoms with Gasteiger partial charge in [0, 0.05) is 29.2 Å². The summed E-state index contributed by atoms with van der Waals surface area (Å²) < 4.78 is 1.89. The molecule has 3 rings (SSSR count). The summed E-state index contributed by atoms with van der Waals surface area (Å²) in [5, 5.41) is 20.5. The summed E-state index contributed by atoms with van der Waals surface area (Å²) in [5.41, 5.74) is 2.82. The Morgan fingerprint density at radius 1 is 1.30 bits per heavy atom. The van der Waals surface area contributed by atoms with E-state index in [1.165, 1.54) is 6.20 Å². The van der Waals surface area contributed by atoms with Crippen molar-refractivity contribution >= 4 is 22.5 Å². The van der Waals surface area contributed by atoms with E-state index in [9.17, 15) is 10.4 Å². The molecule has 0 bridgehead atoms. The Hall–Kier alpha value is -2.51. The lowest BCUT2D eigenvalue weighted by Gasteiger charge is -2.05. The number of pyridine rings is 1. The third-order valence-corrected chi connectivity index (χ3v) is 3.51. The van der Waals surface area contributed by atoms with Crippen LogP contribution in [0.1, 0.15) is 5.56 Å². The van der Waals surface area contributed by atoms with Gasteiger partial charge >= 0.3 is 0 Å². The summed E-state index contributed by atoms with van der Waals surface area (Å²) in [4.78, 5) is 3.97. The highest BCUT2D eigenvalue weighted by molar-refractivity contribution is 6.31. The number of hydrogen-bond acceptors (Lipinski definition) is 3. The zero-order valence-corrected chi connectivity index (χ0v) is 11.4. The van der Waals surface area contributed by atoms with Crippen molar-refractivity contribution < 1.29 is 5.11 Å². The van der Waals surface area contributed by atoms with Gasteiger partial charge in [-0.2, -0.15) is 5.26 Å². The predicted molar refractivity (Wildman–Crippen MR) is 77.5 cm³/mol. The second-order valence-corrected chi connectivity index (χ2v) is 4.92. The molecule has 0 atom stereocenters. The van der Waals surface area contributed by atoms with Crippen LogP contribution in [0.3, 0.4) is 0 Å². The molecule has 1 N–H and O–H groups in total. The second kappa shape index (κ2) is 4.55. The minimum atomic E-state index is 0.0645. The Labute approximate surface area is 120 Å². The van der Waals surface area contributed by atoms with Crippen LogP contribution in [0.5, 0.6) is 5.75 Å². The molecule has 0 saturated heterocycles. The molecule has 20 heavy (non-hydrogen) atoms. The Kier molecular flexibility index (Phi) is 2.85. The number of aromatic nitrogens is 2. The number of benzene rings is 1. The highest BCUT2D eigenvalue weighted by Crippen LogP contribution is 2.34. The standard InChI is InChI=1S/C15H10ClN3O/c1-19-14-5-10(16)2-3-12(14)13(6-17)15(19)9-4-11(20)8-18-7-9/h2-5,7-8,20H,1H3. The molecule has 2 heterocycles. The highest BCUT2D eigenvalue weighted by Gasteiger charge is 2.17. The monoisotopic (exact) mass is 283 g/mol. The van der Waals surface area contributed by atoms with Crippen LogP contribution in [0.15, 0.2) is 36.7 Å². The predicted octanol–water partition coefficient (Wildman–Crippen LogP) is 3.47. The lowest BCUT2D eigenvalue weighted by molar-refractivity contribution is 0.473. The van der Waals surface area contributed by atoms with Crippen LogP contribution in [-0.4, -0.2) is 14.7 Å². The highest BCUT2D eigenvalue weighted by atomic mass is 35.5. The van der Waals surface area contributed by atoms with Crippen molar-refractivity contribution in [3.8, 4) is 23.1 Å². The number of nitrogens with zero attached hydrogens (tertiary/aromatic N) is 3. The molecule has 1 aromatic carbocycles. The summed E-state index contributed by atoms with van der Waals surface area (Å²) in [6.45, 7) is 0. The van der Waals surface area contributed by atoms with Crippen LogP contribution in [0, 0.1) is 11.3 Å². The molecule has 2 aromatic heterocycles. The van der Waals surface area contributed by atoms with E-state index in [0.29, 0.717) is 21.8 Å². The van der Waals surface area contributed by atoms with Crippen LogP contribution < -0.4 is 0 Å². The molecule has 0 amide bonds. The average molecular weight is 284 g/mol. The van der Waals surface area contributed by atoms with E-state index in [1.807, 2.05) is 23.7 Å². The number of nitriles is 1. The molecule has 3 aromatic rings. The lowest BCUT2D eigenvalue weighted by atomic mass is 10.1. The van der Waals surface area contributed by atoms with E-state index in [1.54, 1.807) is 18.3 Å². The number of hydrogen-bond donors (Lipinski definition) is 1. The van der Waals surface area contributed by atoms with Gasteiger partial charge in [0.1, 0.15) is 11.8 Å². The Balaban J connectivity index is 2.42. The van der Waals surface area contributed by atoms with E-state index in [0.717, 1.165) is 10.9 Å². The Morgan fingerprint density at radius 3 is 2.80 bits per heavy atom. The molecule has 0 fully saturated rings. The van der Waals surface area contributed by atoms with Crippen LogP contribution >= 0.6 is 11.6 Å². The Morgan fingerprint density at radius 2 is 2.10 bits per heavy atom. The van der Waals surface area contributed by atoms with Gasteiger partial charge in [-0.05, 0) is 24.3 Å². The van der Waals surface area contributed by atoms with Crippen molar-refractivity contribution in [3.05, 3.63) is 47.2 Å². The molecule has 4 nitrogen and oxygen atoms in total. The normalized spacial score (nSPS) is 10.7. The number of aryl methyl sites for hydroxylation is 1. The lowest BCUT2D eigenvalue weighted by Crippen LogP contribution is -1.93. The van der Waals surface area contributed by atoms with Gasteiger partial charge < -0.3 is 9.67 Å². The summed E-state index contributed by atoms with van der Waals surface area (Å²) in [6.07, 6.45) is 2.98. The molecule has 0 radical (unpaired) electrons. The maximum atomic E-state index is 9.57. The molecule has 98 valence electrons. The van der Waals surface area contributed by atoms with E-state index >= 15 is 0 Å². The first-order chi connectivity index (χ1) is 9.61. The SMILES string of the molecule is Cn1c(-c2cncc(O)c2)c(C#N)c2ccc(Cl)cc21. The summed E-state index contributed by atoms with van der Waals surface area (Å²) in [5.74, 6) is 0.0645. The van der Waals surface area contributed by atoms with Gasteiger partial charge in [-0.3, -0.25) is 4.98 Å². The average Bonchev–Trinajstić information content (AvgIpc) is 2.71. The second-order valence-electron chi connectivity index (χ2n) is 4.49. The summed E-state index contributed by atoms with van der Waals surface area (Å²) in [6, 6.07) is 9.22. The van der Waals surface area contributed by atoms with Gasteiger partial charge in [0.15, 0.2) is 0 Å². The first-order valence-corrected chi connectivity index (χ1v) is 6.32. The number of rotatable bonds is 1. The fraction of sp³-hybridized carbons (Fsp3) is 0.0667. The van der Waals surface area contributed by atoms with Crippen LogP contribution in [0.4, 0.5) is 0 Å². The van der Waals surface area contributed by atoms with E-state index < -0.39 is 0 Å². The van der Waals surface area contributed by atoms with Crippen molar-refractivity contribution in [2.45, 2.75) is 0 Å². The third kappa shape index (κ3) is 1.80. The minimum Gasteiger partial charge on any atom is -0.506 e. The molecule has 0 aliphatic carbocycles. The molecular formula is C15H10ClN3O. The molecule has 0 spiro atoms. The van der Waals surface area contributed by atoms with Crippen molar-refractivity contribution in [2.75, 3.05) is 0 Å². The van der Waals surface area contributed by atoms with Gasteiger partial charge in [-0.25, -0.2) is 0 Å². The van der Waals surface area contributed by atoms with E-state index in [2.05, 4.69) is 11.1 Å². The first kappa shape index (κ1) is 12.5. The fourth-order valence-electron chi connectivity index (χ4n) is 2.42. The van der Waals surface area contributed by atoms with Crippen LogP contribution in [0.25, 0.3) is 22.2 Å². The van der Waals surface area contributed by atoms with Gasteiger partial charge in [0.25, 0.3) is 0 Å². The van der Waals surface area contributed by atoms with Crippen molar-refractivity contribution in [1.82, 2.24) is 9.55 Å². The van der Waals surface area contributed by atoms with Crippen molar-refractivity contribution in [3.63, 3.8) is 0 Å². The first-order valence-electron chi connectivity index (χ1n) is 5.94. The molecule has 0 aliphatic rings. The Bertz CT molecular complexity index is 861.